The molecule has 1 amide bonds. The van der Waals surface area contributed by atoms with E-state index in [2.05, 4.69) is 26.2 Å². The van der Waals surface area contributed by atoms with E-state index in [9.17, 15) is 4.79 Å². The number of hydrogen-bond donors (Lipinski definition) is 1. The van der Waals surface area contributed by atoms with E-state index in [1.807, 2.05) is 43.5 Å². The summed E-state index contributed by atoms with van der Waals surface area (Å²) in [7, 11) is 0. The molecule has 124 valence electrons. The van der Waals surface area contributed by atoms with Crippen LogP contribution in [-0.4, -0.2) is 15.3 Å². The summed E-state index contributed by atoms with van der Waals surface area (Å²) in [5.74, 6) is -0.192. The van der Waals surface area contributed by atoms with Crippen LogP contribution in [-0.2, 0) is 6.42 Å². The highest BCUT2D eigenvalue weighted by molar-refractivity contribution is 9.10. The summed E-state index contributed by atoms with van der Waals surface area (Å²) in [5, 5.41) is 3.55. The van der Waals surface area contributed by atoms with Gasteiger partial charge in [0.15, 0.2) is 0 Å². The number of aryl methyl sites for hydroxylation is 3. The van der Waals surface area contributed by atoms with Crippen LogP contribution in [0, 0.1) is 13.8 Å². The molecule has 24 heavy (non-hydrogen) atoms. The van der Waals surface area contributed by atoms with Crippen molar-refractivity contribution in [2.24, 2.45) is 0 Å². The lowest BCUT2D eigenvalue weighted by atomic mass is 10.2. The molecule has 0 aliphatic rings. The number of aromatic nitrogens is 2. The summed E-state index contributed by atoms with van der Waals surface area (Å²) in [6, 6.07) is 7.43. The van der Waals surface area contributed by atoms with Crippen LogP contribution in [0.3, 0.4) is 0 Å². The first-order valence-electron chi connectivity index (χ1n) is 7.65. The predicted octanol–water partition coefficient (Wildman–Crippen LogP) is 5.18. The van der Waals surface area contributed by atoms with Gasteiger partial charge in [-0.3, -0.25) is 9.20 Å². The van der Waals surface area contributed by atoms with Crippen molar-refractivity contribution in [1.29, 1.82) is 0 Å². The van der Waals surface area contributed by atoms with E-state index in [1.54, 1.807) is 12.1 Å². The second-order valence-corrected chi connectivity index (χ2v) is 7.06. The number of carbonyl (C=O) groups is 1. The van der Waals surface area contributed by atoms with Gasteiger partial charge in [-0.15, -0.1) is 0 Å². The number of rotatable bonds is 3. The van der Waals surface area contributed by atoms with Crippen molar-refractivity contribution < 1.29 is 4.79 Å². The minimum atomic E-state index is -0.192. The highest BCUT2D eigenvalue weighted by Gasteiger charge is 2.20. The minimum absolute atomic E-state index is 0.192. The third-order valence-corrected chi connectivity index (χ3v) is 4.61. The largest absolute Gasteiger partial charge is 0.320 e. The minimum Gasteiger partial charge on any atom is -0.320 e. The average molecular weight is 407 g/mol. The van der Waals surface area contributed by atoms with Crippen LogP contribution in [0.4, 0.5) is 5.69 Å². The van der Waals surface area contributed by atoms with E-state index in [0.717, 1.165) is 26.9 Å². The molecular weight excluding hydrogens is 390 g/mol. The van der Waals surface area contributed by atoms with Crippen LogP contribution < -0.4 is 5.32 Å². The Labute approximate surface area is 154 Å². The van der Waals surface area contributed by atoms with Crippen LogP contribution in [0.5, 0.6) is 0 Å². The first kappa shape index (κ1) is 17.0. The van der Waals surface area contributed by atoms with Crippen LogP contribution >= 0.6 is 27.5 Å². The molecule has 0 spiro atoms. The number of carbonyl (C=O) groups excluding carboxylic acids is 1. The number of hydrogen-bond acceptors (Lipinski definition) is 2. The summed E-state index contributed by atoms with van der Waals surface area (Å²) in [5.41, 5.74) is 4.79. The van der Waals surface area contributed by atoms with Gasteiger partial charge in [0.05, 0.1) is 5.69 Å². The lowest BCUT2D eigenvalue weighted by Crippen LogP contribution is -2.17. The highest BCUT2D eigenvalue weighted by Crippen LogP contribution is 2.24. The maximum absolute atomic E-state index is 12.9. The standard InChI is InChI=1S/C18H17BrClN3O/c1-4-14-16(23-9-12(19)7-11(3)17(23)21-14)18(24)22-15-8-13(20)6-5-10(15)2/h5-9H,4H2,1-3H3,(H,22,24). The molecule has 0 aliphatic heterocycles. The fraction of sp³-hybridized carbons (Fsp3) is 0.222. The van der Waals surface area contributed by atoms with Gasteiger partial charge >= 0.3 is 0 Å². The summed E-state index contributed by atoms with van der Waals surface area (Å²) >= 11 is 9.53. The van der Waals surface area contributed by atoms with Crippen molar-refractivity contribution in [2.45, 2.75) is 27.2 Å². The number of benzene rings is 1. The fourth-order valence-corrected chi connectivity index (χ4v) is 3.43. The molecule has 0 saturated heterocycles. The van der Waals surface area contributed by atoms with Gasteiger partial charge in [-0.05, 0) is 65.5 Å². The summed E-state index contributed by atoms with van der Waals surface area (Å²) in [6.07, 6.45) is 2.55. The smallest absolute Gasteiger partial charge is 0.274 e. The second-order valence-electron chi connectivity index (χ2n) is 5.71. The van der Waals surface area contributed by atoms with Gasteiger partial charge in [0.1, 0.15) is 11.3 Å². The predicted molar refractivity (Wildman–Crippen MR) is 101 cm³/mol. The van der Waals surface area contributed by atoms with Crippen molar-refractivity contribution in [3.05, 3.63) is 62.5 Å². The highest BCUT2D eigenvalue weighted by atomic mass is 79.9. The first-order chi connectivity index (χ1) is 11.4. The van der Waals surface area contributed by atoms with Crippen molar-refractivity contribution in [3.63, 3.8) is 0 Å². The van der Waals surface area contributed by atoms with Crippen LogP contribution in [0.1, 0.15) is 34.2 Å². The number of anilines is 1. The Hall–Kier alpha value is -1.85. The van der Waals surface area contributed by atoms with E-state index in [4.69, 9.17) is 11.6 Å². The molecular formula is C18H17BrClN3O. The van der Waals surface area contributed by atoms with E-state index >= 15 is 0 Å². The SMILES string of the molecule is CCc1nc2c(C)cc(Br)cn2c1C(=O)Nc1cc(Cl)ccc1C. The Morgan fingerprint density at radius 3 is 2.75 bits per heavy atom. The zero-order valence-electron chi connectivity index (χ0n) is 13.7. The molecule has 0 bridgehead atoms. The molecule has 0 radical (unpaired) electrons. The topological polar surface area (TPSA) is 46.4 Å². The summed E-state index contributed by atoms with van der Waals surface area (Å²) in [6.45, 7) is 5.91. The zero-order chi connectivity index (χ0) is 17.4. The Kier molecular flexibility index (Phi) is 4.65. The molecule has 3 aromatic rings. The van der Waals surface area contributed by atoms with Gasteiger partial charge in [-0.1, -0.05) is 24.6 Å². The van der Waals surface area contributed by atoms with Crippen LogP contribution in [0.2, 0.25) is 5.02 Å². The number of halogens is 2. The molecule has 0 unspecified atom stereocenters. The number of amides is 1. The van der Waals surface area contributed by atoms with E-state index in [0.29, 0.717) is 22.8 Å². The molecule has 0 atom stereocenters. The van der Waals surface area contributed by atoms with Gasteiger partial charge < -0.3 is 5.32 Å². The molecule has 0 fully saturated rings. The molecule has 1 aromatic carbocycles. The molecule has 0 saturated carbocycles. The zero-order valence-corrected chi connectivity index (χ0v) is 16.0. The number of imidazole rings is 1. The van der Waals surface area contributed by atoms with Crippen molar-refractivity contribution in [3.8, 4) is 0 Å². The number of nitrogens with one attached hydrogen (secondary N) is 1. The number of pyridine rings is 1. The molecule has 3 rings (SSSR count). The van der Waals surface area contributed by atoms with E-state index in [-0.39, 0.29) is 5.91 Å². The third-order valence-electron chi connectivity index (χ3n) is 3.94. The summed E-state index contributed by atoms with van der Waals surface area (Å²) < 4.78 is 2.74. The van der Waals surface area contributed by atoms with Gasteiger partial charge in [0.2, 0.25) is 0 Å². The lowest BCUT2D eigenvalue weighted by Gasteiger charge is -2.10. The molecule has 4 nitrogen and oxygen atoms in total. The van der Waals surface area contributed by atoms with E-state index < -0.39 is 0 Å². The van der Waals surface area contributed by atoms with Crippen molar-refractivity contribution >= 4 is 44.8 Å². The van der Waals surface area contributed by atoms with Crippen LogP contribution in [0.15, 0.2) is 34.9 Å². The molecule has 0 aliphatic carbocycles. The fourth-order valence-electron chi connectivity index (χ4n) is 2.71. The van der Waals surface area contributed by atoms with Crippen molar-refractivity contribution in [1.82, 2.24) is 9.38 Å². The van der Waals surface area contributed by atoms with Gasteiger partial charge in [0.25, 0.3) is 5.91 Å². The van der Waals surface area contributed by atoms with Gasteiger partial charge in [0, 0.05) is 21.4 Å². The van der Waals surface area contributed by atoms with Gasteiger partial charge in [-0.2, -0.15) is 0 Å². The second kappa shape index (κ2) is 6.57. The molecule has 6 heteroatoms. The molecule has 2 aromatic heterocycles. The Bertz CT molecular complexity index is 949. The first-order valence-corrected chi connectivity index (χ1v) is 8.82. The maximum Gasteiger partial charge on any atom is 0.274 e. The lowest BCUT2D eigenvalue weighted by molar-refractivity contribution is 0.102. The number of nitrogens with zero attached hydrogens (tertiary/aromatic N) is 2. The van der Waals surface area contributed by atoms with Crippen molar-refractivity contribution in [2.75, 3.05) is 5.32 Å². The third kappa shape index (κ3) is 3.06. The average Bonchev–Trinajstić information content (AvgIpc) is 2.89. The summed E-state index contributed by atoms with van der Waals surface area (Å²) in [4.78, 5) is 17.6. The maximum atomic E-state index is 12.9. The van der Waals surface area contributed by atoms with Crippen LogP contribution in [0.25, 0.3) is 5.65 Å². The van der Waals surface area contributed by atoms with Gasteiger partial charge in [-0.25, -0.2) is 4.98 Å². The Balaban J connectivity index is 2.11. The number of fused-ring (bicyclic) bond motifs is 1. The molecule has 2 heterocycles. The Morgan fingerprint density at radius 1 is 1.29 bits per heavy atom. The van der Waals surface area contributed by atoms with E-state index in [1.165, 1.54) is 0 Å². The normalized spacial score (nSPS) is 11.0. The molecule has 1 N–H and O–H groups in total. The quantitative estimate of drug-likeness (QED) is 0.651. The monoisotopic (exact) mass is 405 g/mol. The Morgan fingerprint density at radius 2 is 2.04 bits per heavy atom.